The van der Waals surface area contributed by atoms with Gasteiger partial charge in [-0.1, -0.05) is 42.5 Å². The molecule has 0 aliphatic heterocycles. The average Bonchev–Trinajstić information content (AvgIpc) is 3.35. The first kappa shape index (κ1) is 27.3. The van der Waals surface area contributed by atoms with Gasteiger partial charge in [0.15, 0.2) is 15.8 Å². The normalized spacial score (nSPS) is 10.5. The van der Waals surface area contributed by atoms with E-state index >= 15 is 0 Å². The second kappa shape index (κ2) is 14.3. The molecule has 0 aliphatic carbocycles. The summed E-state index contributed by atoms with van der Waals surface area (Å²) in [4.78, 5) is 24.7. The van der Waals surface area contributed by atoms with Crippen LogP contribution in [0, 0.1) is 0 Å². The zero-order valence-electron chi connectivity index (χ0n) is 20.5. The molecular formula is C25H30N4O5S2. The van der Waals surface area contributed by atoms with Crippen LogP contribution < -0.4 is 24.8 Å². The highest BCUT2D eigenvalue weighted by Gasteiger charge is 2.12. The lowest BCUT2D eigenvalue weighted by Crippen LogP contribution is -2.27. The van der Waals surface area contributed by atoms with Crippen LogP contribution in [-0.2, 0) is 11.2 Å². The predicted octanol–water partition coefficient (Wildman–Crippen LogP) is 4.44. The van der Waals surface area contributed by atoms with Gasteiger partial charge in [0.1, 0.15) is 5.75 Å². The van der Waals surface area contributed by atoms with Crippen molar-refractivity contribution in [2.45, 2.75) is 30.5 Å². The number of anilines is 1. The Balaban J connectivity index is 1.39. The number of amides is 2. The third kappa shape index (κ3) is 8.42. The molecule has 192 valence electrons. The Morgan fingerprint density at radius 3 is 2.53 bits per heavy atom. The average molecular weight is 531 g/mol. The van der Waals surface area contributed by atoms with E-state index in [1.807, 2.05) is 18.2 Å². The highest BCUT2D eigenvalue weighted by atomic mass is 32.2. The number of aromatic nitrogens is 2. The standard InChI is InChI=1S/C25H30N4O5S2/c1-4-5-14-34-19-9-7-18(8-10-19)23(31)27-24-28-29-25(36-24)35-16-22(30)26-13-12-17-6-11-20(32-2)21(15-17)33-3/h6-11,15H,4-5,12-14,16H2,1-3H3,(H,26,30)(H,27,28,31). The molecule has 9 nitrogen and oxygen atoms in total. The van der Waals surface area contributed by atoms with Gasteiger partial charge in [0.2, 0.25) is 11.0 Å². The van der Waals surface area contributed by atoms with Crippen molar-refractivity contribution in [3.8, 4) is 17.2 Å². The van der Waals surface area contributed by atoms with Gasteiger partial charge in [0.05, 0.1) is 26.6 Å². The second-order valence-corrected chi connectivity index (χ2v) is 9.83. The number of thioether (sulfide) groups is 1. The van der Waals surface area contributed by atoms with E-state index in [9.17, 15) is 9.59 Å². The molecule has 0 fully saturated rings. The van der Waals surface area contributed by atoms with E-state index in [0.29, 0.717) is 46.1 Å². The molecule has 0 radical (unpaired) electrons. The Morgan fingerprint density at radius 2 is 1.81 bits per heavy atom. The van der Waals surface area contributed by atoms with E-state index in [1.54, 1.807) is 38.5 Å². The molecule has 0 aliphatic rings. The van der Waals surface area contributed by atoms with Crippen molar-refractivity contribution in [3.63, 3.8) is 0 Å². The van der Waals surface area contributed by atoms with Crippen LogP contribution >= 0.6 is 23.1 Å². The number of nitrogens with zero attached hydrogens (tertiary/aromatic N) is 2. The third-order valence-corrected chi connectivity index (χ3v) is 6.99. The summed E-state index contributed by atoms with van der Waals surface area (Å²) in [6.07, 6.45) is 2.71. The minimum Gasteiger partial charge on any atom is -0.494 e. The van der Waals surface area contributed by atoms with Crippen LogP contribution in [0.4, 0.5) is 5.13 Å². The number of unbranched alkanes of at least 4 members (excludes halogenated alkanes) is 1. The lowest BCUT2D eigenvalue weighted by molar-refractivity contribution is -0.118. The molecule has 36 heavy (non-hydrogen) atoms. The van der Waals surface area contributed by atoms with Crippen molar-refractivity contribution in [1.29, 1.82) is 0 Å². The molecule has 3 rings (SSSR count). The molecule has 2 amide bonds. The van der Waals surface area contributed by atoms with E-state index in [-0.39, 0.29) is 17.6 Å². The predicted molar refractivity (Wildman–Crippen MR) is 142 cm³/mol. The minimum atomic E-state index is -0.282. The summed E-state index contributed by atoms with van der Waals surface area (Å²) in [6.45, 7) is 3.25. The lowest BCUT2D eigenvalue weighted by atomic mass is 10.1. The largest absolute Gasteiger partial charge is 0.494 e. The van der Waals surface area contributed by atoms with Crippen molar-refractivity contribution < 1.29 is 23.8 Å². The molecule has 2 aromatic carbocycles. The van der Waals surface area contributed by atoms with Gasteiger partial charge in [-0.15, -0.1) is 10.2 Å². The van der Waals surface area contributed by atoms with E-state index in [0.717, 1.165) is 24.2 Å². The van der Waals surface area contributed by atoms with Crippen LogP contribution in [0.5, 0.6) is 17.2 Å². The zero-order chi connectivity index (χ0) is 25.8. The van der Waals surface area contributed by atoms with Gasteiger partial charge >= 0.3 is 0 Å². The summed E-state index contributed by atoms with van der Waals surface area (Å²) in [6, 6.07) is 12.6. The number of rotatable bonds is 14. The lowest BCUT2D eigenvalue weighted by Gasteiger charge is -2.10. The second-order valence-electron chi connectivity index (χ2n) is 7.63. The van der Waals surface area contributed by atoms with Crippen molar-refractivity contribution in [2.75, 3.05) is 38.4 Å². The van der Waals surface area contributed by atoms with Gasteiger partial charge in [-0.2, -0.15) is 0 Å². The van der Waals surface area contributed by atoms with Gasteiger partial charge in [0, 0.05) is 12.1 Å². The molecule has 0 bridgehead atoms. The summed E-state index contributed by atoms with van der Waals surface area (Å²) in [5.41, 5.74) is 1.53. The number of benzene rings is 2. The molecular weight excluding hydrogens is 500 g/mol. The summed E-state index contributed by atoms with van der Waals surface area (Å²) in [5.74, 6) is 1.87. The smallest absolute Gasteiger partial charge is 0.257 e. The number of nitrogens with one attached hydrogen (secondary N) is 2. The number of methoxy groups -OCH3 is 2. The van der Waals surface area contributed by atoms with Crippen LogP contribution in [0.25, 0.3) is 0 Å². The van der Waals surface area contributed by atoms with Gasteiger partial charge in [-0.05, 0) is 54.8 Å². The Kier molecular flexibility index (Phi) is 10.8. The van der Waals surface area contributed by atoms with E-state index in [2.05, 4.69) is 27.8 Å². The SMILES string of the molecule is CCCCOc1ccc(C(=O)Nc2nnc(SCC(=O)NCCc3ccc(OC)c(OC)c3)s2)cc1. The summed E-state index contributed by atoms with van der Waals surface area (Å²) in [7, 11) is 3.18. The van der Waals surface area contributed by atoms with E-state index in [4.69, 9.17) is 14.2 Å². The molecule has 0 saturated heterocycles. The topological polar surface area (TPSA) is 112 Å². The Morgan fingerprint density at radius 1 is 1.03 bits per heavy atom. The fourth-order valence-electron chi connectivity index (χ4n) is 3.09. The van der Waals surface area contributed by atoms with Gasteiger partial charge in [0.25, 0.3) is 5.91 Å². The summed E-state index contributed by atoms with van der Waals surface area (Å²) >= 11 is 2.49. The third-order valence-electron chi connectivity index (χ3n) is 5.02. The Hall–Kier alpha value is -3.31. The summed E-state index contributed by atoms with van der Waals surface area (Å²) < 4.78 is 16.8. The van der Waals surface area contributed by atoms with Crippen LogP contribution in [0.15, 0.2) is 46.8 Å². The van der Waals surface area contributed by atoms with Crippen molar-refractivity contribution in [1.82, 2.24) is 15.5 Å². The molecule has 0 spiro atoms. The van der Waals surface area contributed by atoms with Gasteiger partial charge in [-0.25, -0.2) is 0 Å². The Labute approximate surface area is 218 Å². The maximum Gasteiger partial charge on any atom is 0.257 e. The van der Waals surface area contributed by atoms with Crippen LogP contribution in [-0.4, -0.2) is 55.1 Å². The highest BCUT2D eigenvalue weighted by Crippen LogP contribution is 2.28. The van der Waals surface area contributed by atoms with E-state index in [1.165, 1.54) is 23.1 Å². The van der Waals surface area contributed by atoms with Crippen molar-refractivity contribution in [3.05, 3.63) is 53.6 Å². The monoisotopic (exact) mass is 530 g/mol. The number of ether oxygens (including phenoxy) is 3. The number of carbonyl (C=O) groups excluding carboxylic acids is 2. The Bertz CT molecular complexity index is 1140. The fraction of sp³-hybridized carbons (Fsp3) is 0.360. The molecule has 0 unspecified atom stereocenters. The highest BCUT2D eigenvalue weighted by molar-refractivity contribution is 8.01. The first-order chi connectivity index (χ1) is 17.5. The molecule has 0 atom stereocenters. The first-order valence-electron chi connectivity index (χ1n) is 11.5. The molecule has 11 heteroatoms. The van der Waals surface area contributed by atoms with Gasteiger partial charge in [-0.3, -0.25) is 14.9 Å². The van der Waals surface area contributed by atoms with Crippen LogP contribution in [0.3, 0.4) is 0 Å². The molecule has 0 saturated carbocycles. The van der Waals surface area contributed by atoms with E-state index < -0.39 is 0 Å². The van der Waals surface area contributed by atoms with Gasteiger partial charge < -0.3 is 19.5 Å². The minimum absolute atomic E-state index is 0.109. The summed E-state index contributed by atoms with van der Waals surface area (Å²) in [5, 5.41) is 14.0. The molecule has 3 aromatic rings. The molecule has 2 N–H and O–H groups in total. The fourth-order valence-corrected chi connectivity index (χ4v) is 4.66. The van der Waals surface area contributed by atoms with Crippen molar-refractivity contribution in [2.24, 2.45) is 0 Å². The van der Waals surface area contributed by atoms with Crippen molar-refractivity contribution >= 4 is 40.0 Å². The molecule has 1 heterocycles. The zero-order valence-corrected chi connectivity index (χ0v) is 22.2. The maximum atomic E-state index is 12.5. The number of hydrogen-bond acceptors (Lipinski definition) is 9. The number of hydrogen-bond donors (Lipinski definition) is 2. The van der Waals surface area contributed by atoms with Crippen LogP contribution in [0.2, 0.25) is 0 Å². The first-order valence-corrected chi connectivity index (χ1v) is 13.3. The number of carbonyl (C=O) groups is 2. The quantitative estimate of drug-likeness (QED) is 0.179. The molecule has 1 aromatic heterocycles. The van der Waals surface area contributed by atoms with Crippen LogP contribution in [0.1, 0.15) is 35.7 Å². The maximum absolute atomic E-state index is 12.5.